The minimum Gasteiger partial charge on any atom is -0.497 e. The van der Waals surface area contributed by atoms with Gasteiger partial charge >= 0.3 is 0 Å². The molecular weight excluding hydrogens is 384 g/mol. The first-order valence-corrected chi connectivity index (χ1v) is 10.1. The van der Waals surface area contributed by atoms with Crippen molar-refractivity contribution in [2.24, 2.45) is 7.05 Å². The van der Waals surface area contributed by atoms with Crippen LogP contribution in [0.3, 0.4) is 0 Å². The first kappa shape index (κ1) is 21.9. The van der Waals surface area contributed by atoms with E-state index in [1.165, 1.54) is 45.2 Å². The lowest BCUT2D eigenvalue weighted by atomic mass is 10.2. The molecule has 0 aliphatic carbocycles. The number of aromatic nitrogens is 2. The van der Waals surface area contributed by atoms with Crippen LogP contribution in [0.1, 0.15) is 26.0 Å². The summed E-state index contributed by atoms with van der Waals surface area (Å²) in [5.74, 6) is 0.137. The van der Waals surface area contributed by atoms with Gasteiger partial charge in [0.1, 0.15) is 16.7 Å². The number of methoxy groups -OCH3 is 1. The molecule has 0 fully saturated rings. The molecule has 28 heavy (non-hydrogen) atoms. The zero-order chi connectivity index (χ0) is 20.9. The third-order valence-electron chi connectivity index (χ3n) is 4.44. The summed E-state index contributed by atoms with van der Waals surface area (Å²) in [6.07, 6.45) is 2.49. The molecule has 0 saturated heterocycles. The summed E-state index contributed by atoms with van der Waals surface area (Å²) in [7, 11) is -0.578. The topological polar surface area (TPSA) is 123 Å². The summed E-state index contributed by atoms with van der Waals surface area (Å²) < 4.78 is 31.0. The van der Waals surface area contributed by atoms with Gasteiger partial charge < -0.3 is 14.4 Å². The van der Waals surface area contributed by atoms with Crippen molar-refractivity contribution in [2.45, 2.75) is 42.6 Å². The van der Waals surface area contributed by atoms with Crippen LogP contribution in [0.4, 0.5) is 0 Å². The van der Waals surface area contributed by atoms with Gasteiger partial charge in [-0.3, -0.25) is 10.2 Å². The van der Waals surface area contributed by atoms with Gasteiger partial charge in [0.05, 0.1) is 24.0 Å². The van der Waals surface area contributed by atoms with Crippen molar-refractivity contribution in [2.75, 3.05) is 7.11 Å². The predicted molar refractivity (Wildman–Crippen MR) is 103 cm³/mol. The van der Waals surface area contributed by atoms with Gasteiger partial charge in [-0.1, -0.05) is 0 Å². The number of amides is 1. The monoisotopic (exact) mass is 410 g/mol. The maximum atomic E-state index is 12.9. The van der Waals surface area contributed by atoms with Crippen LogP contribution < -0.4 is 15.6 Å². The fraction of sp³-hybridized carbons (Fsp3) is 0.444. The molecule has 1 atom stereocenters. The Labute approximate surface area is 164 Å². The molecule has 0 aliphatic rings. The number of aliphatic hydroxyl groups excluding tert-OH is 1. The van der Waals surface area contributed by atoms with Crippen molar-refractivity contribution < 1.29 is 23.1 Å². The number of carbonyl (C=O) groups is 1. The highest BCUT2D eigenvalue weighted by molar-refractivity contribution is 7.92. The molecule has 3 N–H and O–H groups in total. The third-order valence-corrected chi connectivity index (χ3v) is 6.94. The van der Waals surface area contributed by atoms with E-state index in [0.717, 1.165) is 5.69 Å². The van der Waals surface area contributed by atoms with E-state index < -0.39 is 20.8 Å². The fourth-order valence-corrected chi connectivity index (χ4v) is 3.88. The Kier molecular flexibility index (Phi) is 6.81. The molecule has 2 aromatic rings. The number of imidazole rings is 1. The van der Waals surface area contributed by atoms with Crippen LogP contribution in [0.25, 0.3) is 0 Å². The summed E-state index contributed by atoms with van der Waals surface area (Å²) in [6.45, 7) is 2.76. The molecule has 154 valence electrons. The minimum absolute atomic E-state index is 0.0422. The van der Waals surface area contributed by atoms with Crippen LogP contribution in [-0.4, -0.2) is 47.1 Å². The second-order valence-electron chi connectivity index (χ2n) is 6.91. The highest BCUT2D eigenvalue weighted by Crippen LogP contribution is 2.28. The number of rotatable bonds is 9. The number of sulfone groups is 1. The zero-order valence-corrected chi connectivity index (χ0v) is 17.2. The van der Waals surface area contributed by atoms with Crippen LogP contribution >= 0.6 is 0 Å². The number of hydrogen-bond donors (Lipinski definition) is 3. The van der Waals surface area contributed by atoms with Crippen molar-refractivity contribution in [3.05, 3.63) is 42.5 Å². The molecule has 1 amide bonds. The summed E-state index contributed by atoms with van der Waals surface area (Å²) in [5, 5.41) is 10.4. The lowest BCUT2D eigenvalue weighted by Gasteiger charge is -2.30. The van der Waals surface area contributed by atoms with Gasteiger partial charge in [0.2, 0.25) is 5.91 Å². The van der Waals surface area contributed by atoms with E-state index >= 15 is 0 Å². The average Bonchev–Trinajstić information content (AvgIpc) is 3.09. The van der Waals surface area contributed by atoms with E-state index in [-0.39, 0.29) is 17.2 Å². The molecule has 0 bridgehead atoms. The second kappa shape index (κ2) is 8.72. The van der Waals surface area contributed by atoms with Gasteiger partial charge in [0, 0.05) is 19.7 Å². The molecule has 2 rings (SSSR count). The highest BCUT2D eigenvalue weighted by Gasteiger charge is 2.42. The molecule has 0 radical (unpaired) electrons. The van der Waals surface area contributed by atoms with Gasteiger partial charge in [-0.25, -0.2) is 18.8 Å². The number of aryl methyl sites for hydroxylation is 2. The maximum Gasteiger partial charge on any atom is 0.234 e. The summed E-state index contributed by atoms with van der Waals surface area (Å²) >= 11 is 0. The maximum absolute atomic E-state index is 12.9. The van der Waals surface area contributed by atoms with E-state index in [1.807, 2.05) is 7.05 Å². The van der Waals surface area contributed by atoms with Crippen molar-refractivity contribution in [1.29, 1.82) is 0 Å². The van der Waals surface area contributed by atoms with E-state index in [4.69, 9.17) is 4.74 Å². The Morgan fingerprint density at radius 3 is 2.50 bits per heavy atom. The van der Waals surface area contributed by atoms with Crippen molar-refractivity contribution in [1.82, 2.24) is 20.4 Å². The first-order valence-electron chi connectivity index (χ1n) is 8.66. The van der Waals surface area contributed by atoms with Crippen molar-refractivity contribution in [3.63, 3.8) is 0 Å². The Bertz CT molecular complexity index is 906. The molecule has 10 heteroatoms. The fourth-order valence-electron chi connectivity index (χ4n) is 2.43. The first-order chi connectivity index (χ1) is 13.1. The molecule has 0 saturated carbocycles. The number of hydrazine groups is 1. The molecular formula is C18H26N4O5S. The van der Waals surface area contributed by atoms with Crippen LogP contribution in [0.15, 0.2) is 41.7 Å². The molecule has 1 aromatic heterocycles. The van der Waals surface area contributed by atoms with Crippen LogP contribution in [-0.2, 0) is 28.1 Å². The smallest absolute Gasteiger partial charge is 0.234 e. The third kappa shape index (κ3) is 4.89. The number of aliphatic hydroxyl groups is 1. The van der Waals surface area contributed by atoms with Crippen molar-refractivity contribution >= 4 is 15.7 Å². The number of nitrogens with zero attached hydrogens (tertiary/aromatic N) is 2. The molecule has 0 spiro atoms. The Hall–Kier alpha value is -2.43. The van der Waals surface area contributed by atoms with E-state index in [9.17, 15) is 18.3 Å². The Morgan fingerprint density at radius 1 is 1.32 bits per heavy atom. The number of nitrogens with one attached hydrogen (secondary N) is 2. The quantitative estimate of drug-likeness (QED) is 0.408. The van der Waals surface area contributed by atoms with Gasteiger partial charge in [0.25, 0.3) is 0 Å². The molecule has 0 aliphatic heterocycles. The Balaban J connectivity index is 1.96. The second-order valence-corrected chi connectivity index (χ2v) is 9.44. The minimum atomic E-state index is -3.90. The van der Waals surface area contributed by atoms with Gasteiger partial charge in [-0.2, -0.15) is 0 Å². The lowest BCUT2D eigenvalue weighted by Crippen LogP contribution is -2.57. The average molecular weight is 410 g/mol. The van der Waals surface area contributed by atoms with Crippen molar-refractivity contribution in [3.8, 4) is 5.75 Å². The molecule has 1 aromatic carbocycles. The van der Waals surface area contributed by atoms with E-state index in [0.29, 0.717) is 12.2 Å². The largest absolute Gasteiger partial charge is 0.497 e. The van der Waals surface area contributed by atoms with Crippen LogP contribution in [0, 0.1) is 0 Å². The summed E-state index contributed by atoms with van der Waals surface area (Å²) in [6, 6.07) is 5.88. The predicted octanol–water partition coefficient (Wildman–Crippen LogP) is 0.553. The highest BCUT2D eigenvalue weighted by atomic mass is 32.2. The summed E-state index contributed by atoms with van der Waals surface area (Å²) in [5.41, 5.74) is 5.50. The SMILES string of the molecule is COc1ccc(S(=O)(=O)C(C)(C)C(O)NNC(=O)CCc2cn(C)cn2)cc1. The van der Waals surface area contributed by atoms with Crippen LogP contribution in [0.5, 0.6) is 5.75 Å². The standard InChI is InChI=1S/C18H26N4O5S/c1-18(2,28(25,26)15-8-6-14(27-4)7-9-15)17(24)21-20-16(23)10-5-13-11-22(3)12-19-13/h6-9,11-12,17,21,24H,5,10H2,1-4H3,(H,20,23). The normalized spacial score (nSPS) is 13.2. The van der Waals surface area contributed by atoms with E-state index in [2.05, 4.69) is 15.8 Å². The number of hydrogen-bond acceptors (Lipinski definition) is 7. The molecule has 1 heterocycles. The summed E-state index contributed by atoms with van der Waals surface area (Å²) in [4.78, 5) is 16.1. The molecule has 9 nitrogen and oxygen atoms in total. The van der Waals surface area contributed by atoms with Crippen LogP contribution in [0.2, 0.25) is 0 Å². The number of benzene rings is 1. The Morgan fingerprint density at radius 2 is 1.96 bits per heavy atom. The van der Waals surface area contributed by atoms with Gasteiger partial charge in [-0.05, 0) is 44.5 Å². The van der Waals surface area contributed by atoms with E-state index in [1.54, 1.807) is 17.1 Å². The zero-order valence-electron chi connectivity index (χ0n) is 16.3. The number of ether oxygens (including phenoxy) is 1. The lowest BCUT2D eigenvalue weighted by molar-refractivity contribution is -0.123. The van der Waals surface area contributed by atoms with Gasteiger partial charge in [0.15, 0.2) is 9.84 Å². The van der Waals surface area contributed by atoms with Gasteiger partial charge in [-0.15, -0.1) is 0 Å². The molecule has 1 unspecified atom stereocenters. The number of carbonyl (C=O) groups excluding carboxylic acids is 1.